The molecular formula is C13H17ClN2O3S. The van der Waals surface area contributed by atoms with Crippen molar-refractivity contribution in [2.24, 2.45) is 0 Å². The van der Waals surface area contributed by atoms with Gasteiger partial charge >= 0.3 is 0 Å². The Kier molecular flexibility index (Phi) is 4.67. The molecule has 110 valence electrons. The van der Waals surface area contributed by atoms with Crippen LogP contribution in [-0.4, -0.2) is 38.4 Å². The largest absolute Gasteiger partial charge is 0.325 e. The minimum Gasteiger partial charge on any atom is -0.325 e. The third kappa shape index (κ3) is 4.19. The van der Waals surface area contributed by atoms with Crippen LogP contribution in [0.3, 0.4) is 0 Å². The summed E-state index contributed by atoms with van der Waals surface area (Å²) in [6.45, 7) is 1.97. The van der Waals surface area contributed by atoms with E-state index in [1.54, 1.807) is 12.1 Å². The maximum absolute atomic E-state index is 11.8. The highest BCUT2D eigenvalue weighted by Gasteiger charge is 2.27. The quantitative estimate of drug-likeness (QED) is 0.879. The summed E-state index contributed by atoms with van der Waals surface area (Å²) in [7, 11) is -2.92. The molecule has 1 aromatic rings. The predicted molar refractivity (Wildman–Crippen MR) is 79.9 cm³/mol. The summed E-state index contributed by atoms with van der Waals surface area (Å²) in [5, 5.41) is 6.27. The number of rotatable bonds is 4. The molecule has 0 aromatic heterocycles. The first kappa shape index (κ1) is 15.3. The molecule has 1 amide bonds. The summed E-state index contributed by atoms with van der Waals surface area (Å²) in [5.41, 5.74) is 1.57. The van der Waals surface area contributed by atoms with Gasteiger partial charge in [-0.25, -0.2) is 8.42 Å². The highest BCUT2D eigenvalue weighted by molar-refractivity contribution is 7.91. The Balaban J connectivity index is 1.82. The zero-order chi connectivity index (χ0) is 14.8. The fraction of sp³-hybridized carbons (Fsp3) is 0.462. The molecule has 1 aliphatic rings. The third-order valence-electron chi connectivity index (χ3n) is 3.24. The summed E-state index contributed by atoms with van der Waals surface area (Å²) in [6, 6.07) is 5.16. The van der Waals surface area contributed by atoms with Gasteiger partial charge < -0.3 is 10.6 Å². The lowest BCUT2D eigenvalue weighted by Crippen LogP contribution is -2.36. The number of amides is 1. The highest BCUT2D eigenvalue weighted by Crippen LogP contribution is 2.19. The van der Waals surface area contributed by atoms with Crippen LogP contribution >= 0.6 is 11.6 Å². The second kappa shape index (κ2) is 6.11. The molecule has 1 heterocycles. The zero-order valence-corrected chi connectivity index (χ0v) is 12.7. The second-order valence-corrected chi connectivity index (χ2v) is 7.63. The van der Waals surface area contributed by atoms with E-state index in [4.69, 9.17) is 11.6 Å². The van der Waals surface area contributed by atoms with Crippen LogP contribution in [0.5, 0.6) is 0 Å². The molecule has 0 aliphatic carbocycles. The van der Waals surface area contributed by atoms with Gasteiger partial charge in [0.2, 0.25) is 5.91 Å². The number of carbonyl (C=O) groups excluding carboxylic acids is 1. The zero-order valence-electron chi connectivity index (χ0n) is 11.1. The van der Waals surface area contributed by atoms with Crippen LogP contribution in [0.2, 0.25) is 5.02 Å². The minimum absolute atomic E-state index is 0.0890. The van der Waals surface area contributed by atoms with E-state index in [-0.39, 0.29) is 30.0 Å². The lowest BCUT2D eigenvalue weighted by molar-refractivity contribution is -0.115. The number of anilines is 1. The monoisotopic (exact) mass is 316 g/mol. The molecule has 1 atom stereocenters. The van der Waals surface area contributed by atoms with Crippen LogP contribution in [0.1, 0.15) is 12.0 Å². The van der Waals surface area contributed by atoms with E-state index in [1.165, 1.54) is 0 Å². The van der Waals surface area contributed by atoms with E-state index in [1.807, 2.05) is 13.0 Å². The Morgan fingerprint density at radius 2 is 2.20 bits per heavy atom. The Morgan fingerprint density at radius 1 is 1.45 bits per heavy atom. The van der Waals surface area contributed by atoms with Crippen LogP contribution < -0.4 is 10.6 Å². The van der Waals surface area contributed by atoms with Crippen molar-refractivity contribution in [2.45, 2.75) is 19.4 Å². The molecule has 0 bridgehead atoms. The summed E-state index contributed by atoms with van der Waals surface area (Å²) >= 11 is 5.98. The van der Waals surface area contributed by atoms with Gasteiger partial charge in [-0.2, -0.15) is 0 Å². The van der Waals surface area contributed by atoms with Crippen molar-refractivity contribution in [3.8, 4) is 0 Å². The Bertz CT molecular complexity index is 616. The van der Waals surface area contributed by atoms with Gasteiger partial charge in [-0.05, 0) is 31.0 Å². The molecule has 0 spiro atoms. The van der Waals surface area contributed by atoms with Gasteiger partial charge in [-0.1, -0.05) is 17.7 Å². The van der Waals surface area contributed by atoms with E-state index >= 15 is 0 Å². The number of hydrogen-bond acceptors (Lipinski definition) is 4. The molecule has 7 heteroatoms. The van der Waals surface area contributed by atoms with Crippen LogP contribution in [0.25, 0.3) is 0 Å². The summed E-state index contributed by atoms with van der Waals surface area (Å²) in [6.07, 6.45) is 0.561. The second-order valence-electron chi connectivity index (χ2n) is 4.99. The molecule has 1 aromatic carbocycles. The number of halogens is 1. The lowest BCUT2D eigenvalue weighted by Gasteiger charge is -2.11. The molecule has 2 N–H and O–H groups in total. The molecule has 1 saturated heterocycles. The normalized spacial score (nSPS) is 20.8. The summed E-state index contributed by atoms with van der Waals surface area (Å²) in [5.74, 6) is 0.0884. The van der Waals surface area contributed by atoms with E-state index in [2.05, 4.69) is 10.6 Å². The number of nitrogens with one attached hydrogen (secondary N) is 2. The van der Waals surface area contributed by atoms with Crippen molar-refractivity contribution in [1.29, 1.82) is 0 Å². The number of sulfone groups is 1. The van der Waals surface area contributed by atoms with Gasteiger partial charge in [-0.15, -0.1) is 0 Å². The molecule has 20 heavy (non-hydrogen) atoms. The molecule has 1 fully saturated rings. The minimum atomic E-state index is -2.92. The Labute approximate surface area is 123 Å². The molecule has 1 aliphatic heterocycles. The van der Waals surface area contributed by atoms with Crippen molar-refractivity contribution in [1.82, 2.24) is 5.32 Å². The highest BCUT2D eigenvalue weighted by atomic mass is 35.5. The standard InChI is InChI=1S/C13H17ClN2O3S/c1-9-2-3-10(6-12(9)14)16-13(17)7-15-11-4-5-20(18,19)8-11/h2-3,6,11,15H,4-5,7-8H2,1H3,(H,16,17). The van der Waals surface area contributed by atoms with E-state index < -0.39 is 9.84 Å². The lowest BCUT2D eigenvalue weighted by atomic mass is 10.2. The topological polar surface area (TPSA) is 75.3 Å². The molecule has 5 nitrogen and oxygen atoms in total. The Morgan fingerprint density at radius 3 is 2.80 bits per heavy atom. The summed E-state index contributed by atoms with van der Waals surface area (Å²) < 4.78 is 22.6. The SMILES string of the molecule is Cc1ccc(NC(=O)CNC2CCS(=O)(=O)C2)cc1Cl. The van der Waals surface area contributed by atoms with E-state index in [0.717, 1.165) is 5.56 Å². The van der Waals surface area contributed by atoms with Crippen LogP contribution in [0.4, 0.5) is 5.69 Å². The third-order valence-corrected chi connectivity index (χ3v) is 5.41. The fourth-order valence-corrected chi connectivity index (χ4v) is 3.96. The van der Waals surface area contributed by atoms with E-state index in [0.29, 0.717) is 17.1 Å². The number of aryl methyl sites for hydroxylation is 1. The Hall–Kier alpha value is -1.11. The van der Waals surface area contributed by atoms with Crippen LogP contribution in [0, 0.1) is 6.92 Å². The molecular weight excluding hydrogens is 300 g/mol. The van der Waals surface area contributed by atoms with Gasteiger partial charge in [0.05, 0.1) is 18.1 Å². The van der Waals surface area contributed by atoms with Crippen molar-refractivity contribution in [2.75, 3.05) is 23.4 Å². The van der Waals surface area contributed by atoms with Crippen LogP contribution in [-0.2, 0) is 14.6 Å². The number of hydrogen-bond donors (Lipinski definition) is 2. The molecule has 0 radical (unpaired) electrons. The van der Waals surface area contributed by atoms with Gasteiger partial charge in [0.25, 0.3) is 0 Å². The van der Waals surface area contributed by atoms with Gasteiger partial charge in [0, 0.05) is 16.8 Å². The smallest absolute Gasteiger partial charge is 0.238 e. The first-order valence-corrected chi connectivity index (χ1v) is 8.55. The van der Waals surface area contributed by atoms with Crippen molar-refractivity contribution in [3.05, 3.63) is 28.8 Å². The molecule has 0 saturated carbocycles. The maximum atomic E-state index is 11.8. The first-order valence-electron chi connectivity index (χ1n) is 6.35. The number of benzene rings is 1. The molecule has 2 rings (SSSR count). The summed E-state index contributed by atoms with van der Waals surface area (Å²) in [4.78, 5) is 11.8. The van der Waals surface area contributed by atoms with Crippen molar-refractivity contribution < 1.29 is 13.2 Å². The maximum Gasteiger partial charge on any atom is 0.238 e. The van der Waals surface area contributed by atoms with Gasteiger partial charge in [0.15, 0.2) is 9.84 Å². The average molecular weight is 317 g/mol. The van der Waals surface area contributed by atoms with Crippen molar-refractivity contribution in [3.63, 3.8) is 0 Å². The van der Waals surface area contributed by atoms with Gasteiger partial charge in [-0.3, -0.25) is 4.79 Å². The van der Waals surface area contributed by atoms with Crippen LogP contribution in [0.15, 0.2) is 18.2 Å². The first-order chi connectivity index (χ1) is 9.35. The van der Waals surface area contributed by atoms with E-state index in [9.17, 15) is 13.2 Å². The predicted octanol–water partition coefficient (Wildman–Crippen LogP) is 1.36. The van der Waals surface area contributed by atoms with Crippen molar-refractivity contribution >= 4 is 33.0 Å². The molecule has 1 unspecified atom stereocenters. The number of carbonyl (C=O) groups is 1. The fourth-order valence-electron chi connectivity index (χ4n) is 2.07. The average Bonchev–Trinajstić information content (AvgIpc) is 2.71. The van der Waals surface area contributed by atoms with Gasteiger partial charge in [0.1, 0.15) is 0 Å².